The molecule has 26 heavy (non-hydrogen) atoms. The van der Waals surface area contributed by atoms with Crippen molar-refractivity contribution in [1.29, 1.82) is 0 Å². The predicted octanol–water partition coefficient (Wildman–Crippen LogP) is 3.65. The fourth-order valence-electron chi connectivity index (χ4n) is 2.25. The summed E-state index contributed by atoms with van der Waals surface area (Å²) in [5, 5.41) is 3.69. The Bertz CT molecular complexity index is 831. The van der Waals surface area contributed by atoms with Crippen LogP contribution in [-0.4, -0.2) is 33.9 Å². The van der Waals surface area contributed by atoms with Crippen molar-refractivity contribution in [3.05, 3.63) is 46.7 Å². The van der Waals surface area contributed by atoms with Gasteiger partial charge in [-0.05, 0) is 49.6 Å². The van der Waals surface area contributed by atoms with Gasteiger partial charge in [-0.1, -0.05) is 6.07 Å². The lowest BCUT2D eigenvalue weighted by Crippen LogP contribution is -2.41. The Morgan fingerprint density at radius 3 is 2.42 bits per heavy atom. The third-order valence-corrected chi connectivity index (χ3v) is 7.92. The number of ether oxygens (including phenoxy) is 1. The van der Waals surface area contributed by atoms with Crippen molar-refractivity contribution in [2.75, 3.05) is 19.5 Å². The zero-order valence-electron chi connectivity index (χ0n) is 14.9. The molecule has 0 aliphatic carbocycles. The minimum absolute atomic E-state index is 0.0198. The standard InChI is InChI=1S/C18H22ClNO4S2/c1-18(2,12-19)17(21)20-11-16(15-5-4-10-25-15)26(22,23)14-8-6-13(24-3)7-9-14/h4-10,16H,11-12H2,1-3H3,(H,20,21)/t16-/m1/s1. The lowest BCUT2D eigenvalue weighted by Gasteiger charge is -2.23. The highest BCUT2D eigenvalue weighted by molar-refractivity contribution is 7.91. The highest BCUT2D eigenvalue weighted by Gasteiger charge is 2.33. The first-order chi connectivity index (χ1) is 12.2. The number of rotatable bonds is 8. The van der Waals surface area contributed by atoms with Crippen molar-refractivity contribution in [2.45, 2.75) is 24.0 Å². The van der Waals surface area contributed by atoms with Crippen LogP contribution in [0, 0.1) is 5.41 Å². The van der Waals surface area contributed by atoms with E-state index in [0.717, 1.165) is 0 Å². The smallest absolute Gasteiger partial charge is 0.226 e. The van der Waals surface area contributed by atoms with E-state index in [1.807, 2.05) is 5.38 Å². The number of thiophene rings is 1. The molecule has 5 nitrogen and oxygen atoms in total. The van der Waals surface area contributed by atoms with Gasteiger partial charge in [-0.3, -0.25) is 4.79 Å². The first kappa shape index (κ1) is 20.7. The highest BCUT2D eigenvalue weighted by Crippen LogP contribution is 2.32. The molecule has 0 spiro atoms. The Labute approximate surface area is 163 Å². The third kappa shape index (κ3) is 4.58. The van der Waals surface area contributed by atoms with Crippen molar-refractivity contribution in [3.63, 3.8) is 0 Å². The van der Waals surface area contributed by atoms with Crippen LogP contribution in [0.1, 0.15) is 24.0 Å². The summed E-state index contributed by atoms with van der Waals surface area (Å²) >= 11 is 7.17. The molecule has 1 aromatic heterocycles. The molecule has 142 valence electrons. The lowest BCUT2D eigenvalue weighted by atomic mass is 9.95. The van der Waals surface area contributed by atoms with Crippen LogP contribution in [0.25, 0.3) is 0 Å². The topological polar surface area (TPSA) is 72.5 Å². The van der Waals surface area contributed by atoms with Gasteiger partial charge in [0.15, 0.2) is 9.84 Å². The van der Waals surface area contributed by atoms with Crippen LogP contribution in [0.2, 0.25) is 0 Å². The molecule has 0 saturated carbocycles. The Morgan fingerprint density at radius 2 is 1.92 bits per heavy atom. The maximum atomic E-state index is 13.2. The molecule has 0 aliphatic rings. The number of carbonyl (C=O) groups excluding carboxylic acids is 1. The molecule has 0 aliphatic heterocycles. The Balaban J connectivity index is 2.31. The summed E-state index contributed by atoms with van der Waals surface area (Å²) in [6.45, 7) is 3.41. The number of alkyl halides is 1. The summed E-state index contributed by atoms with van der Waals surface area (Å²) in [4.78, 5) is 13.2. The molecular formula is C18H22ClNO4S2. The summed E-state index contributed by atoms with van der Waals surface area (Å²) in [5.41, 5.74) is -0.772. The van der Waals surface area contributed by atoms with E-state index < -0.39 is 20.5 Å². The van der Waals surface area contributed by atoms with Crippen molar-refractivity contribution in [1.82, 2.24) is 5.32 Å². The fourth-order valence-corrected chi connectivity index (χ4v) is 5.16. The molecule has 2 rings (SSSR count). The molecule has 0 bridgehead atoms. The largest absolute Gasteiger partial charge is 0.497 e. The maximum absolute atomic E-state index is 13.2. The van der Waals surface area contributed by atoms with Gasteiger partial charge >= 0.3 is 0 Å². The highest BCUT2D eigenvalue weighted by atomic mass is 35.5. The minimum Gasteiger partial charge on any atom is -0.497 e. The zero-order chi connectivity index (χ0) is 19.4. The van der Waals surface area contributed by atoms with Gasteiger partial charge in [0.2, 0.25) is 5.91 Å². The fraction of sp³-hybridized carbons (Fsp3) is 0.389. The average molecular weight is 416 g/mol. The summed E-state index contributed by atoms with van der Waals surface area (Å²) in [5.74, 6) is 0.445. The number of hydrogen-bond donors (Lipinski definition) is 1. The van der Waals surface area contributed by atoms with Crippen molar-refractivity contribution >= 4 is 38.7 Å². The van der Waals surface area contributed by atoms with Gasteiger partial charge < -0.3 is 10.1 Å². The van der Waals surface area contributed by atoms with Crippen molar-refractivity contribution in [2.24, 2.45) is 5.41 Å². The molecule has 0 saturated heterocycles. The number of nitrogens with one attached hydrogen (secondary N) is 1. The molecule has 2 aromatic rings. The molecule has 1 atom stereocenters. The van der Waals surface area contributed by atoms with E-state index in [4.69, 9.17) is 16.3 Å². The Kier molecular flexibility index (Phi) is 6.71. The van der Waals surface area contributed by atoms with Crippen LogP contribution in [-0.2, 0) is 14.6 Å². The SMILES string of the molecule is COc1ccc(S(=O)(=O)[C@H](CNC(=O)C(C)(C)CCl)c2cccs2)cc1. The van der Waals surface area contributed by atoms with E-state index >= 15 is 0 Å². The molecule has 1 amide bonds. The molecule has 0 fully saturated rings. The quantitative estimate of drug-likeness (QED) is 0.668. The third-order valence-electron chi connectivity index (χ3n) is 4.02. The zero-order valence-corrected chi connectivity index (χ0v) is 17.2. The Hall–Kier alpha value is -1.57. The van der Waals surface area contributed by atoms with Crippen LogP contribution < -0.4 is 10.1 Å². The van der Waals surface area contributed by atoms with E-state index in [-0.39, 0.29) is 23.2 Å². The molecular weight excluding hydrogens is 394 g/mol. The van der Waals surface area contributed by atoms with Gasteiger partial charge in [0.05, 0.1) is 17.4 Å². The monoisotopic (exact) mass is 415 g/mol. The van der Waals surface area contributed by atoms with Crippen molar-refractivity contribution in [3.8, 4) is 5.75 Å². The summed E-state index contributed by atoms with van der Waals surface area (Å²) in [7, 11) is -2.17. The van der Waals surface area contributed by atoms with E-state index in [0.29, 0.717) is 10.6 Å². The van der Waals surface area contributed by atoms with E-state index in [2.05, 4.69) is 5.32 Å². The van der Waals surface area contributed by atoms with Gasteiger partial charge in [0.1, 0.15) is 11.0 Å². The second-order valence-corrected chi connectivity index (χ2v) is 9.83. The number of carbonyl (C=O) groups is 1. The van der Waals surface area contributed by atoms with Crippen LogP contribution in [0.4, 0.5) is 0 Å². The number of sulfone groups is 1. The number of amides is 1. The number of halogens is 1. The maximum Gasteiger partial charge on any atom is 0.226 e. The van der Waals surface area contributed by atoms with Gasteiger partial charge in [-0.15, -0.1) is 22.9 Å². The molecule has 1 heterocycles. The number of benzene rings is 1. The van der Waals surface area contributed by atoms with Gasteiger partial charge in [0, 0.05) is 17.3 Å². The molecule has 0 radical (unpaired) electrons. The van der Waals surface area contributed by atoms with Gasteiger partial charge in [-0.25, -0.2) is 8.42 Å². The molecule has 1 N–H and O–H groups in total. The number of hydrogen-bond acceptors (Lipinski definition) is 5. The van der Waals surface area contributed by atoms with Crippen LogP contribution in [0.3, 0.4) is 0 Å². The Morgan fingerprint density at radius 1 is 1.27 bits per heavy atom. The van der Waals surface area contributed by atoms with E-state index in [9.17, 15) is 13.2 Å². The average Bonchev–Trinajstić information content (AvgIpc) is 3.15. The van der Waals surface area contributed by atoms with E-state index in [1.54, 1.807) is 38.1 Å². The predicted molar refractivity (Wildman–Crippen MR) is 105 cm³/mol. The minimum atomic E-state index is -3.69. The second kappa shape index (κ2) is 8.41. The van der Waals surface area contributed by atoms with Gasteiger partial charge in [0.25, 0.3) is 0 Å². The van der Waals surface area contributed by atoms with Gasteiger partial charge in [-0.2, -0.15) is 0 Å². The molecule has 8 heteroatoms. The van der Waals surface area contributed by atoms with Crippen LogP contribution >= 0.6 is 22.9 Å². The second-order valence-electron chi connectivity index (χ2n) is 6.45. The molecule has 0 unspecified atom stereocenters. The summed E-state index contributed by atoms with van der Waals surface area (Å²) in [6, 6.07) is 9.79. The first-order valence-corrected chi connectivity index (χ1v) is 10.9. The van der Waals surface area contributed by atoms with Crippen LogP contribution in [0.15, 0.2) is 46.7 Å². The number of methoxy groups -OCH3 is 1. The van der Waals surface area contributed by atoms with E-state index in [1.165, 1.54) is 30.6 Å². The van der Waals surface area contributed by atoms with Crippen LogP contribution in [0.5, 0.6) is 5.75 Å². The summed E-state index contributed by atoms with van der Waals surface area (Å²) < 4.78 is 31.4. The van der Waals surface area contributed by atoms with Crippen molar-refractivity contribution < 1.29 is 17.9 Å². The normalized spacial score (nSPS) is 13.2. The lowest BCUT2D eigenvalue weighted by molar-refractivity contribution is -0.128. The first-order valence-electron chi connectivity index (χ1n) is 7.98. The summed E-state index contributed by atoms with van der Waals surface area (Å²) in [6.07, 6.45) is 0. The molecule has 1 aromatic carbocycles.